The molecular weight excluding hydrogens is 311 g/mol. The van der Waals surface area contributed by atoms with Gasteiger partial charge in [-0.2, -0.15) is 5.10 Å². The number of anilines is 1. The van der Waals surface area contributed by atoms with Crippen LogP contribution in [0, 0.1) is 13.8 Å². The first-order valence-corrected chi connectivity index (χ1v) is 7.27. The van der Waals surface area contributed by atoms with E-state index in [9.17, 15) is 4.79 Å². The second-order valence-corrected chi connectivity index (χ2v) is 5.70. The van der Waals surface area contributed by atoms with Crippen molar-refractivity contribution in [3.8, 4) is 0 Å². The smallest absolute Gasteiger partial charge is 0.226 e. The van der Waals surface area contributed by atoms with E-state index >= 15 is 0 Å². The zero-order valence-electron chi connectivity index (χ0n) is 12.0. The van der Waals surface area contributed by atoms with Gasteiger partial charge in [0.05, 0.1) is 16.1 Å². The lowest BCUT2D eigenvalue weighted by Gasteiger charge is -2.13. The molecule has 0 saturated heterocycles. The third-order valence-corrected chi connectivity index (χ3v) is 3.75. The van der Waals surface area contributed by atoms with E-state index in [1.165, 1.54) is 0 Å². The topological polar surface area (TPSA) is 59.8 Å². The minimum atomic E-state index is -0.117. The number of aryl methyl sites for hydroxylation is 2. The standard InChI is InChI=1S/C14H16Cl2N4O/c1-8(20-10(3)17-9(2)19-20)6-14(21)18-11-4-5-12(15)13(16)7-11/h4-5,7-8H,6H2,1-3H3,(H,18,21)/t8-/m0/s1. The van der Waals surface area contributed by atoms with Crippen LogP contribution in [0.3, 0.4) is 0 Å². The largest absolute Gasteiger partial charge is 0.326 e. The van der Waals surface area contributed by atoms with Crippen LogP contribution in [0.25, 0.3) is 0 Å². The van der Waals surface area contributed by atoms with Gasteiger partial charge in [0, 0.05) is 12.1 Å². The van der Waals surface area contributed by atoms with Crippen LogP contribution in [0.2, 0.25) is 10.0 Å². The van der Waals surface area contributed by atoms with E-state index in [1.807, 2.05) is 20.8 Å². The molecule has 1 amide bonds. The minimum Gasteiger partial charge on any atom is -0.326 e. The first kappa shape index (κ1) is 15.8. The van der Waals surface area contributed by atoms with Crippen molar-refractivity contribution in [1.82, 2.24) is 14.8 Å². The number of amides is 1. The fraction of sp³-hybridized carbons (Fsp3) is 0.357. The number of benzene rings is 1. The fourth-order valence-corrected chi connectivity index (χ4v) is 2.39. The zero-order valence-corrected chi connectivity index (χ0v) is 13.5. The maximum atomic E-state index is 12.1. The van der Waals surface area contributed by atoms with Gasteiger partial charge in [-0.15, -0.1) is 0 Å². The molecule has 1 aromatic carbocycles. The highest BCUT2D eigenvalue weighted by Gasteiger charge is 2.15. The van der Waals surface area contributed by atoms with Crippen molar-refractivity contribution in [2.24, 2.45) is 0 Å². The molecule has 0 aliphatic carbocycles. The molecule has 1 atom stereocenters. The van der Waals surface area contributed by atoms with Crippen molar-refractivity contribution in [2.75, 3.05) is 5.32 Å². The Morgan fingerprint density at radius 1 is 1.33 bits per heavy atom. The van der Waals surface area contributed by atoms with Crippen LogP contribution < -0.4 is 5.32 Å². The molecule has 0 spiro atoms. The predicted molar refractivity (Wildman–Crippen MR) is 83.9 cm³/mol. The van der Waals surface area contributed by atoms with E-state index in [1.54, 1.807) is 22.9 Å². The average Bonchev–Trinajstić information content (AvgIpc) is 2.73. The van der Waals surface area contributed by atoms with Gasteiger partial charge >= 0.3 is 0 Å². The second-order valence-electron chi connectivity index (χ2n) is 4.88. The highest BCUT2D eigenvalue weighted by Crippen LogP contribution is 2.25. The maximum absolute atomic E-state index is 12.1. The number of carbonyl (C=O) groups is 1. The Hall–Kier alpha value is -1.59. The summed E-state index contributed by atoms with van der Waals surface area (Å²) in [5, 5.41) is 7.94. The second kappa shape index (κ2) is 6.45. The van der Waals surface area contributed by atoms with E-state index in [0.717, 1.165) is 5.82 Å². The molecule has 21 heavy (non-hydrogen) atoms. The van der Waals surface area contributed by atoms with E-state index in [-0.39, 0.29) is 11.9 Å². The third kappa shape index (κ3) is 3.95. The van der Waals surface area contributed by atoms with Gasteiger partial charge in [0.25, 0.3) is 0 Å². The summed E-state index contributed by atoms with van der Waals surface area (Å²) in [6.45, 7) is 5.62. The molecule has 7 heteroatoms. The molecule has 2 aromatic rings. The normalized spacial score (nSPS) is 12.2. The Morgan fingerprint density at radius 3 is 2.62 bits per heavy atom. The highest BCUT2D eigenvalue weighted by atomic mass is 35.5. The molecule has 0 fully saturated rings. The third-order valence-electron chi connectivity index (χ3n) is 3.01. The Labute approximate surface area is 133 Å². The van der Waals surface area contributed by atoms with Gasteiger partial charge < -0.3 is 5.32 Å². The molecule has 0 radical (unpaired) electrons. The summed E-state index contributed by atoms with van der Waals surface area (Å²) in [5.41, 5.74) is 0.619. The van der Waals surface area contributed by atoms with Crippen molar-refractivity contribution >= 4 is 34.8 Å². The van der Waals surface area contributed by atoms with Crippen molar-refractivity contribution in [3.05, 3.63) is 39.9 Å². The molecule has 0 saturated carbocycles. The summed E-state index contributed by atoms with van der Waals surface area (Å²) in [4.78, 5) is 16.3. The lowest BCUT2D eigenvalue weighted by Crippen LogP contribution is -2.19. The predicted octanol–water partition coefficient (Wildman–Crippen LogP) is 3.79. The SMILES string of the molecule is Cc1nc(C)n([C@@H](C)CC(=O)Nc2ccc(Cl)c(Cl)c2)n1. The van der Waals surface area contributed by atoms with Gasteiger partial charge in [-0.25, -0.2) is 9.67 Å². The molecule has 1 aromatic heterocycles. The molecule has 112 valence electrons. The molecule has 0 unspecified atom stereocenters. The van der Waals surface area contributed by atoms with Crippen molar-refractivity contribution in [3.63, 3.8) is 0 Å². The van der Waals surface area contributed by atoms with E-state index in [4.69, 9.17) is 23.2 Å². The van der Waals surface area contributed by atoms with E-state index in [0.29, 0.717) is 28.0 Å². The summed E-state index contributed by atoms with van der Waals surface area (Å²) in [6, 6.07) is 4.90. The van der Waals surface area contributed by atoms with Crippen LogP contribution in [0.4, 0.5) is 5.69 Å². The summed E-state index contributed by atoms with van der Waals surface area (Å²) in [6.07, 6.45) is 0.296. The maximum Gasteiger partial charge on any atom is 0.226 e. The number of hydrogen-bond acceptors (Lipinski definition) is 3. The summed E-state index contributed by atoms with van der Waals surface area (Å²) >= 11 is 11.8. The molecule has 2 rings (SSSR count). The van der Waals surface area contributed by atoms with Gasteiger partial charge in [-0.3, -0.25) is 4.79 Å². The lowest BCUT2D eigenvalue weighted by molar-refractivity contribution is -0.116. The molecule has 0 bridgehead atoms. The highest BCUT2D eigenvalue weighted by molar-refractivity contribution is 6.42. The monoisotopic (exact) mass is 326 g/mol. The van der Waals surface area contributed by atoms with Crippen molar-refractivity contribution in [1.29, 1.82) is 0 Å². The van der Waals surface area contributed by atoms with Crippen LogP contribution in [-0.4, -0.2) is 20.7 Å². The Morgan fingerprint density at radius 2 is 2.05 bits per heavy atom. The van der Waals surface area contributed by atoms with Crippen LogP contribution >= 0.6 is 23.2 Å². The molecule has 0 aliphatic heterocycles. The Balaban J connectivity index is 2.01. The van der Waals surface area contributed by atoms with Gasteiger partial charge in [0.2, 0.25) is 5.91 Å². The van der Waals surface area contributed by atoms with Gasteiger partial charge in [0.1, 0.15) is 11.6 Å². The van der Waals surface area contributed by atoms with Crippen LogP contribution in [0.5, 0.6) is 0 Å². The quantitative estimate of drug-likeness (QED) is 0.929. The van der Waals surface area contributed by atoms with Crippen LogP contribution in [0.15, 0.2) is 18.2 Å². The van der Waals surface area contributed by atoms with Crippen LogP contribution in [-0.2, 0) is 4.79 Å². The van der Waals surface area contributed by atoms with E-state index in [2.05, 4.69) is 15.4 Å². The van der Waals surface area contributed by atoms with Crippen molar-refractivity contribution < 1.29 is 4.79 Å². The van der Waals surface area contributed by atoms with Crippen molar-refractivity contribution in [2.45, 2.75) is 33.2 Å². The average molecular weight is 327 g/mol. The molecule has 0 aliphatic rings. The summed E-state index contributed by atoms with van der Waals surface area (Å²) in [5.74, 6) is 1.38. The zero-order chi connectivity index (χ0) is 15.6. The Bertz CT molecular complexity index is 669. The molecular formula is C14H16Cl2N4O. The first-order valence-electron chi connectivity index (χ1n) is 6.51. The number of rotatable bonds is 4. The fourth-order valence-electron chi connectivity index (χ4n) is 2.09. The number of nitrogens with zero attached hydrogens (tertiary/aromatic N) is 3. The van der Waals surface area contributed by atoms with Crippen LogP contribution in [0.1, 0.15) is 31.0 Å². The first-order chi connectivity index (χ1) is 9.86. The van der Waals surface area contributed by atoms with E-state index < -0.39 is 0 Å². The van der Waals surface area contributed by atoms with Gasteiger partial charge in [-0.1, -0.05) is 23.2 Å². The lowest BCUT2D eigenvalue weighted by atomic mass is 10.2. The minimum absolute atomic E-state index is 0.0750. The summed E-state index contributed by atoms with van der Waals surface area (Å²) < 4.78 is 1.75. The number of hydrogen-bond donors (Lipinski definition) is 1. The summed E-state index contributed by atoms with van der Waals surface area (Å²) in [7, 11) is 0. The number of nitrogens with one attached hydrogen (secondary N) is 1. The Kier molecular flexibility index (Phi) is 4.85. The molecule has 1 heterocycles. The molecule has 1 N–H and O–H groups in total. The van der Waals surface area contributed by atoms with Gasteiger partial charge in [0.15, 0.2) is 0 Å². The number of carbonyl (C=O) groups excluding carboxylic acids is 1. The molecule has 5 nitrogen and oxygen atoms in total. The number of halogens is 2. The van der Waals surface area contributed by atoms with Gasteiger partial charge in [-0.05, 0) is 39.0 Å². The number of aromatic nitrogens is 3.